The highest BCUT2D eigenvalue weighted by atomic mass is 35.5. The lowest BCUT2D eigenvalue weighted by Gasteiger charge is -2.15. The van der Waals surface area contributed by atoms with Crippen LogP contribution in [0.4, 0.5) is 0 Å². The third-order valence-corrected chi connectivity index (χ3v) is 3.73. The molecular formula is C13H14Cl2N2S. The van der Waals surface area contributed by atoms with Crippen LogP contribution in [0.25, 0.3) is 5.69 Å². The zero-order valence-electron chi connectivity index (χ0n) is 10.4. The summed E-state index contributed by atoms with van der Waals surface area (Å²) < 4.78 is 2.55. The van der Waals surface area contributed by atoms with E-state index < -0.39 is 0 Å². The molecule has 0 radical (unpaired) electrons. The quantitative estimate of drug-likeness (QED) is 0.723. The lowest BCUT2D eigenvalue weighted by Crippen LogP contribution is -2.12. The minimum absolute atomic E-state index is 0.0228. The Balaban J connectivity index is 2.55. The van der Waals surface area contributed by atoms with Crippen LogP contribution < -0.4 is 0 Å². The van der Waals surface area contributed by atoms with Crippen LogP contribution in [0.1, 0.15) is 26.5 Å². The molecule has 1 heterocycles. The summed E-state index contributed by atoms with van der Waals surface area (Å²) in [5, 5.41) is 4.35. The van der Waals surface area contributed by atoms with Crippen molar-refractivity contribution in [3.63, 3.8) is 0 Å². The summed E-state index contributed by atoms with van der Waals surface area (Å²) in [4.78, 5) is 0. The van der Waals surface area contributed by atoms with Gasteiger partial charge in [-0.1, -0.05) is 56.2 Å². The highest BCUT2D eigenvalue weighted by Gasteiger charge is 2.17. The van der Waals surface area contributed by atoms with Crippen molar-refractivity contribution in [3.8, 4) is 5.69 Å². The second kappa shape index (κ2) is 4.72. The number of nitrogens with zero attached hydrogens (tertiary/aromatic N) is 1. The summed E-state index contributed by atoms with van der Waals surface area (Å²) in [5.74, 6) is 0. The number of nitrogens with one attached hydrogen (secondary N) is 1. The second-order valence-corrected chi connectivity index (χ2v) is 6.42. The Kier molecular flexibility index (Phi) is 3.58. The van der Waals surface area contributed by atoms with Crippen molar-refractivity contribution in [2.45, 2.75) is 26.2 Å². The number of aromatic amines is 1. The maximum atomic E-state index is 6.02. The minimum atomic E-state index is 0.0228. The van der Waals surface area contributed by atoms with Gasteiger partial charge < -0.3 is 0 Å². The predicted octanol–water partition coefficient (Wildman–Crippen LogP) is 5.14. The molecule has 0 unspecified atom stereocenters. The molecule has 2 nitrogen and oxygen atoms in total. The third-order valence-electron chi connectivity index (χ3n) is 2.69. The molecule has 1 aromatic heterocycles. The fourth-order valence-corrected chi connectivity index (χ4v) is 2.16. The number of aromatic nitrogens is 2. The van der Waals surface area contributed by atoms with Gasteiger partial charge in [-0.05, 0) is 24.3 Å². The maximum absolute atomic E-state index is 6.02. The largest absolute Gasteiger partial charge is 0.296 e. The molecule has 1 N–H and O–H groups in total. The van der Waals surface area contributed by atoms with E-state index in [1.54, 1.807) is 12.1 Å². The number of H-pyrrole nitrogens is 1. The van der Waals surface area contributed by atoms with Gasteiger partial charge in [0.25, 0.3) is 0 Å². The Hall–Kier alpha value is -0.770. The molecule has 0 saturated heterocycles. The van der Waals surface area contributed by atoms with Gasteiger partial charge in [0.2, 0.25) is 0 Å². The molecule has 0 bridgehead atoms. The van der Waals surface area contributed by atoms with E-state index >= 15 is 0 Å². The molecule has 0 aliphatic heterocycles. The van der Waals surface area contributed by atoms with Crippen molar-refractivity contribution in [2.75, 3.05) is 0 Å². The Morgan fingerprint density at radius 3 is 2.28 bits per heavy atom. The standard InChI is InChI=1S/C13H14Cl2N2S/c1-13(2,3)11-7-12(18)17(16-11)8-4-5-9(14)10(15)6-8/h4-7,16H,1-3H3. The molecule has 2 rings (SSSR count). The summed E-state index contributed by atoms with van der Waals surface area (Å²) in [5.41, 5.74) is 1.98. The van der Waals surface area contributed by atoms with Gasteiger partial charge in [0.15, 0.2) is 0 Å². The van der Waals surface area contributed by atoms with Gasteiger partial charge in [0, 0.05) is 11.1 Å². The molecule has 18 heavy (non-hydrogen) atoms. The van der Waals surface area contributed by atoms with Crippen LogP contribution in [0, 0.1) is 4.64 Å². The first-order valence-corrected chi connectivity index (χ1v) is 6.73. The summed E-state index contributed by atoms with van der Waals surface area (Å²) >= 11 is 17.3. The first-order chi connectivity index (χ1) is 8.29. The van der Waals surface area contributed by atoms with Gasteiger partial charge >= 0.3 is 0 Å². The molecule has 0 spiro atoms. The molecule has 2 aromatic rings. The second-order valence-electron chi connectivity index (χ2n) is 5.19. The van der Waals surface area contributed by atoms with Gasteiger partial charge in [-0.2, -0.15) is 0 Å². The van der Waals surface area contributed by atoms with E-state index in [1.807, 2.05) is 16.8 Å². The number of benzene rings is 1. The van der Waals surface area contributed by atoms with E-state index in [-0.39, 0.29) is 5.41 Å². The van der Waals surface area contributed by atoms with E-state index in [0.717, 1.165) is 16.0 Å². The average Bonchev–Trinajstić information content (AvgIpc) is 2.64. The fraction of sp³-hybridized carbons (Fsp3) is 0.308. The van der Waals surface area contributed by atoms with Crippen LogP contribution in [0.3, 0.4) is 0 Å². The molecular weight excluding hydrogens is 287 g/mol. The molecule has 96 valence electrons. The summed E-state index contributed by atoms with van der Waals surface area (Å²) in [6.45, 7) is 6.40. The van der Waals surface area contributed by atoms with E-state index in [4.69, 9.17) is 35.4 Å². The average molecular weight is 301 g/mol. The molecule has 0 fully saturated rings. The maximum Gasteiger partial charge on any atom is 0.127 e. The van der Waals surface area contributed by atoms with Crippen molar-refractivity contribution < 1.29 is 0 Å². The van der Waals surface area contributed by atoms with Crippen molar-refractivity contribution in [3.05, 3.63) is 44.6 Å². The van der Waals surface area contributed by atoms with Gasteiger partial charge in [0.1, 0.15) is 4.64 Å². The Bertz CT molecular complexity index is 635. The lowest BCUT2D eigenvalue weighted by molar-refractivity contribution is 0.560. The van der Waals surface area contributed by atoms with Gasteiger partial charge in [-0.15, -0.1) is 0 Å². The lowest BCUT2D eigenvalue weighted by atomic mass is 9.93. The molecule has 5 heteroatoms. The summed E-state index contributed by atoms with van der Waals surface area (Å²) in [6.07, 6.45) is 0. The first-order valence-electron chi connectivity index (χ1n) is 5.57. The highest BCUT2D eigenvalue weighted by Crippen LogP contribution is 2.26. The van der Waals surface area contributed by atoms with E-state index in [1.165, 1.54) is 0 Å². The number of halogens is 2. The number of rotatable bonds is 1. The summed E-state index contributed by atoms with van der Waals surface area (Å²) in [7, 11) is 0. The van der Waals surface area contributed by atoms with E-state index in [2.05, 4.69) is 25.9 Å². The zero-order chi connectivity index (χ0) is 13.5. The molecule has 0 saturated carbocycles. The Labute approximate surface area is 122 Å². The van der Waals surface area contributed by atoms with Crippen molar-refractivity contribution in [2.24, 2.45) is 0 Å². The van der Waals surface area contributed by atoms with Gasteiger partial charge in [-0.3, -0.25) is 5.10 Å². The smallest absolute Gasteiger partial charge is 0.127 e. The predicted molar refractivity (Wildman–Crippen MR) is 79.7 cm³/mol. The van der Waals surface area contributed by atoms with Crippen molar-refractivity contribution >= 4 is 35.4 Å². The monoisotopic (exact) mass is 300 g/mol. The van der Waals surface area contributed by atoms with Crippen molar-refractivity contribution in [1.29, 1.82) is 0 Å². The number of hydrogen-bond acceptors (Lipinski definition) is 1. The zero-order valence-corrected chi connectivity index (χ0v) is 12.7. The molecule has 0 aliphatic rings. The SMILES string of the molecule is CC(C)(C)c1cc(=S)n(-c2ccc(Cl)c(Cl)c2)[nH]1. The van der Waals surface area contributed by atoms with Crippen LogP contribution in [0.2, 0.25) is 10.0 Å². The van der Waals surface area contributed by atoms with E-state index in [9.17, 15) is 0 Å². The molecule has 0 aliphatic carbocycles. The molecule has 0 atom stereocenters. The van der Waals surface area contributed by atoms with E-state index in [0.29, 0.717) is 10.0 Å². The third kappa shape index (κ3) is 2.63. The van der Waals surface area contributed by atoms with Crippen LogP contribution in [-0.4, -0.2) is 9.78 Å². The Morgan fingerprint density at radius 2 is 1.78 bits per heavy atom. The molecule has 0 amide bonds. The van der Waals surface area contributed by atoms with Crippen LogP contribution >= 0.6 is 35.4 Å². The fourth-order valence-electron chi connectivity index (χ4n) is 1.60. The topological polar surface area (TPSA) is 20.7 Å². The van der Waals surface area contributed by atoms with Gasteiger partial charge in [-0.25, -0.2) is 4.68 Å². The summed E-state index contributed by atoms with van der Waals surface area (Å²) in [6, 6.07) is 7.41. The normalized spacial score (nSPS) is 11.8. The number of hydrogen-bond donors (Lipinski definition) is 1. The van der Waals surface area contributed by atoms with Crippen LogP contribution in [-0.2, 0) is 5.41 Å². The Morgan fingerprint density at radius 1 is 1.11 bits per heavy atom. The highest BCUT2D eigenvalue weighted by molar-refractivity contribution is 7.71. The molecule has 1 aromatic carbocycles. The minimum Gasteiger partial charge on any atom is -0.296 e. The van der Waals surface area contributed by atoms with Crippen LogP contribution in [0.15, 0.2) is 24.3 Å². The first kappa shape index (κ1) is 13.7. The van der Waals surface area contributed by atoms with Crippen LogP contribution in [0.5, 0.6) is 0 Å². The van der Waals surface area contributed by atoms with Gasteiger partial charge in [0.05, 0.1) is 15.7 Å². The van der Waals surface area contributed by atoms with Crippen molar-refractivity contribution in [1.82, 2.24) is 9.78 Å².